The van der Waals surface area contributed by atoms with E-state index in [1.54, 1.807) is 0 Å². The molecule has 1 heterocycles. The van der Waals surface area contributed by atoms with Gasteiger partial charge in [0.15, 0.2) is 0 Å². The average Bonchev–Trinajstić information content (AvgIpc) is 3.30. The van der Waals surface area contributed by atoms with E-state index < -0.39 is 0 Å². The largest absolute Gasteiger partial charge is 0.332 e. The Morgan fingerprint density at radius 1 is 1.28 bits per heavy atom. The van der Waals surface area contributed by atoms with E-state index in [4.69, 9.17) is 0 Å². The second-order valence-corrected chi connectivity index (χ2v) is 7.52. The van der Waals surface area contributed by atoms with Crippen molar-refractivity contribution in [2.45, 2.75) is 65.0 Å². The smallest absolute Gasteiger partial charge is 0.240 e. The van der Waals surface area contributed by atoms with Gasteiger partial charge < -0.3 is 9.69 Å². The summed E-state index contributed by atoms with van der Waals surface area (Å²) in [4.78, 5) is 28.9. The van der Waals surface area contributed by atoms with E-state index in [0.717, 1.165) is 51.1 Å². The highest BCUT2D eigenvalue weighted by Crippen LogP contribution is 2.32. The van der Waals surface area contributed by atoms with Crippen LogP contribution in [0.2, 0.25) is 0 Å². The first-order chi connectivity index (χ1) is 12.1. The summed E-state index contributed by atoms with van der Waals surface area (Å²) in [6, 6.07) is -0.346. The number of aldehydes is 1. The minimum Gasteiger partial charge on any atom is -0.332 e. The van der Waals surface area contributed by atoms with Crippen LogP contribution in [-0.4, -0.2) is 53.7 Å². The average molecular weight is 347 g/mol. The number of carbonyl (C=O) groups excluding carboxylic acids is 2. The monoisotopic (exact) mass is 346 g/mol. The fraction of sp³-hybridized carbons (Fsp3) is 0.714. The van der Waals surface area contributed by atoms with Crippen LogP contribution in [0, 0.1) is 11.8 Å². The molecule has 3 atom stereocenters. The van der Waals surface area contributed by atoms with Crippen molar-refractivity contribution in [1.29, 1.82) is 0 Å². The second kappa shape index (κ2) is 9.91. The van der Waals surface area contributed by atoms with Gasteiger partial charge in [0.2, 0.25) is 5.91 Å². The summed E-state index contributed by atoms with van der Waals surface area (Å²) < 4.78 is 0. The predicted octanol–water partition coefficient (Wildman–Crippen LogP) is 3.44. The number of rotatable bonds is 10. The first kappa shape index (κ1) is 19.9. The van der Waals surface area contributed by atoms with Gasteiger partial charge in [-0.15, -0.1) is 0 Å². The lowest BCUT2D eigenvalue weighted by Crippen LogP contribution is -2.53. The van der Waals surface area contributed by atoms with Crippen LogP contribution in [0.1, 0.15) is 52.9 Å². The summed E-state index contributed by atoms with van der Waals surface area (Å²) in [5, 5.41) is 0. The molecule has 1 aliphatic heterocycles. The van der Waals surface area contributed by atoms with Gasteiger partial charge in [0, 0.05) is 13.1 Å². The molecule has 0 radical (unpaired) electrons. The zero-order valence-electron chi connectivity index (χ0n) is 16.1. The molecule has 25 heavy (non-hydrogen) atoms. The van der Waals surface area contributed by atoms with E-state index in [-0.39, 0.29) is 23.9 Å². The van der Waals surface area contributed by atoms with Gasteiger partial charge in [0.1, 0.15) is 6.29 Å². The Bertz CT molecular complexity index is 496. The van der Waals surface area contributed by atoms with E-state index >= 15 is 0 Å². The van der Waals surface area contributed by atoms with Gasteiger partial charge >= 0.3 is 0 Å². The molecule has 1 saturated carbocycles. The molecule has 1 saturated heterocycles. The van der Waals surface area contributed by atoms with Crippen molar-refractivity contribution in [2.24, 2.45) is 11.8 Å². The van der Waals surface area contributed by atoms with E-state index in [0.29, 0.717) is 0 Å². The number of carbonyl (C=O) groups is 2. The van der Waals surface area contributed by atoms with Crippen LogP contribution in [0.25, 0.3) is 0 Å². The number of allylic oxidation sites excluding steroid dienone is 4. The van der Waals surface area contributed by atoms with Crippen molar-refractivity contribution in [3.63, 3.8) is 0 Å². The van der Waals surface area contributed by atoms with Crippen molar-refractivity contribution in [2.75, 3.05) is 19.6 Å². The molecular weight excluding hydrogens is 312 g/mol. The maximum atomic E-state index is 13.3. The van der Waals surface area contributed by atoms with Crippen molar-refractivity contribution in [3.05, 3.63) is 24.3 Å². The lowest BCUT2D eigenvalue weighted by Gasteiger charge is -2.37. The third kappa shape index (κ3) is 5.53. The molecule has 0 aromatic rings. The van der Waals surface area contributed by atoms with Crippen molar-refractivity contribution in [1.82, 2.24) is 9.80 Å². The molecule has 1 aliphatic carbocycles. The summed E-state index contributed by atoms with van der Waals surface area (Å²) in [7, 11) is 0. The van der Waals surface area contributed by atoms with Gasteiger partial charge in [0.25, 0.3) is 0 Å². The second-order valence-electron chi connectivity index (χ2n) is 7.52. The molecule has 1 amide bonds. The Labute approximate surface area is 152 Å². The van der Waals surface area contributed by atoms with Crippen LogP contribution in [0.5, 0.6) is 0 Å². The molecule has 2 aliphatic rings. The molecule has 0 N–H and O–H groups in total. The number of nitrogens with zero attached hydrogens (tertiary/aromatic N) is 2. The Morgan fingerprint density at radius 2 is 2.04 bits per heavy atom. The van der Waals surface area contributed by atoms with E-state index in [2.05, 4.69) is 30.9 Å². The van der Waals surface area contributed by atoms with Gasteiger partial charge in [-0.3, -0.25) is 9.69 Å². The Hall–Kier alpha value is -1.42. The SMILES string of the molecule is CC=CC=CCC(C)C(C(=O)N1CCCC1C=O)N(CC)CC1CC1. The summed E-state index contributed by atoms with van der Waals surface area (Å²) in [6.07, 6.45) is 14.4. The lowest BCUT2D eigenvalue weighted by molar-refractivity contribution is -0.141. The molecule has 0 spiro atoms. The van der Waals surface area contributed by atoms with Crippen LogP contribution >= 0.6 is 0 Å². The topological polar surface area (TPSA) is 40.6 Å². The van der Waals surface area contributed by atoms with E-state index in [1.807, 2.05) is 24.0 Å². The number of likely N-dealkylation sites (tertiary alicyclic amines) is 1. The van der Waals surface area contributed by atoms with Gasteiger partial charge in [0.05, 0.1) is 12.1 Å². The molecule has 0 aromatic heterocycles. The highest BCUT2D eigenvalue weighted by Gasteiger charge is 2.39. The maximum Gasteiger partial charge on any atom is 0.240 e. The number of hydrogen-bond acceptors (Lipinski definition) is 3. The summed E-state index contributed by atoms with van der Waals surface area (Å²) in [6.45, 7) is 8.93. The molecule has 140 valence electrons. The molecule has 3 unspecified atom stereocenters. The Kier molecular flexibility index (Phi) is 7.89. The zero-order chi connectivity index (χ0) is 18.2. The third-order valence-electron chi connectivity index (χ3n) is 5.47. The van der Waals surface area contributed by atoms with Crippen LogP contribution in [-0.2, 0) is 9.59 Å². The highest BCUT2D eigenvalue weighted by molar-refractivity contribution is 5.85. The van der Waals surface area contributed by atoms with Crippen LogP contribution < -0.4 is 0 Å². The first-order valence-electron chi connectivity index (χ1n) is 9.90. The maximum absolute atomic E-state index is 13.3. The van der Waals surface area contributed by atoms with Crippen molar-refractivity contribution in [3.8, 4) is 0 Å². The molecular formula is C21H34N2O2. The first-order valence-corrected chi connectivity index (χ1v) is 9.90. The van der Waals surface area contributed by atoms with Gasteiger partial charge in [-0.1, -0.05) is 38.2 Å². The van der Waals surface area contributed by atoms with Crippen LogP contribution in [0.4, 0.5) is 0 Å². The molecule has 2 rings (SSSR count). The Balaban J connectivity index is 2.14. The lowest BCUT2D eigenvalue weighted by atomic mass is 9.94. The van der Waals surface area contributed by atoms with Crippen LogP contribution in [0.3, 0.4) is 0 Å². The van der Waals surface area contributed by atoms with E-state index in [1.165, 1.54) is 12.8 Å². The number of likely N-dealkylation sites (N-methyl/N-ethyl adjacent to an activating group) is 1. The highest BCUT2D eigenvalue weighted by atomic mass is 16.2. The predicted molar refractivity (Wildman–Crippen MR) is 102 cm³/mol. The van der Waals surface area contributed by atoms with E-state index in [9.17, 15) is 9.59 Å². The number of hydrogen-bond donors (Lipinski definition) is 0. The minimum atomic E-state index is -0.222. The standard InChI is InChI=1S/C21H34N2O2/c1-4-6-7-8-10-17(3)20(22(5-2)15-18-12-13-18)21(25)23-14-9-11-19(23)16-24/h4,6-8,16-20H,5,9-15H2,1-3H3. The third-order valence-corrected chi connectivity index (χ3v) is 5.47. The fourth-order valence-electron chi connectivity index (χ4n) is 3.82. The van der Waals surface area contributed by atoms with Crippen molar-refractivity contribution < 1.29 is 9.59 Å². The van der Waals surface area contributed by atoms with Gasteiger partial charge in [-0.25, -0.2) is 0 Å². The molecule has 0 bridgehead atoms. The quantitative estimate of drug-likeness (QED) is 0.449. The number of amides is 1. The van der Waals surface area contributed by atoms with Crippen LogP contribution in [0.15, 0.2) is 24.3 Å². The normalized spacial score (nSPS) is 23.7. The molecule has 2 fully saturated rings. The van der Waals surface area contributed by atoms with Gasteiger partial charge in [-0.2, -0.15) is 0 Å². The molecule has 4 nitrogen and oxygen atoms in total. The molecule has 0 aromatic carbocycles. The summed E-state index contributed by atoms with van der Waals surface area (Å²) in [5.41, 5.74) is 0. The Morgan fingerprint density at radius 3 is 2.64 bits per heavy atom. The fourth-order valence-corrected chi connectivity index (χ4v) is 3.82. The van der Waals surface area contributed by atoms with Gasteiger partial charge in [-0.05, 0) is 57.4 Å². The summed E-state index contributed by atoms with van der Waals surface area (Å²) >= 11 is 0. The summed E-state index contributed by atoms with van der Waals surface area (Å²) in [5.74, 6) is 1.14. The van der Waals surface area contributed by atoms with Crippen molar-refractivity contribution >= 4 is 12.2 Å². The zero-order valence-corrected chi connectivity index (χ0v) is 16.1. The molecule has 4 heteroatoms. The minimum absolute atomic E-state index is 0.124.